The molecule has 0 saturated carbocycles. The summed E-state index contributed by atoms with van der Waals surface area (Å²) in [4.78, 5) is 0. The Bertz CT molecular complexity index is 1150. The van der Waals surface area contributed by atoms with E-state index in [1.165, 1.54) is 90.2 Å². The van der Waals surface area contributed by atoms with Gasteiger partial charge in [-0.05, 0) is 89.5 Å². The summed E-state index contributed by atoms with van der Waals surface area (Å²) in [5.41, 5.74) is 13.4. The van der Waals surface area contributed by atoms with E-state index in [0.717, 1.165) is 6.42 Å². The van der Waals surface area contributed by atoms with Crippen LogP contribution in [-0.4, -0.2) is 7.85 Å². The fourth-order valence-corrected chi connectivity index (χ4v) is 5.39. The van der Waals surface area contributed by atoms with Gasteiger partial charge in [-0.2, -0.15) is 0 Å². The first kappa shape index (κ1) is 21.1. The van der Waals surface area contributed by atoms with Gasteiger partial charge < -0.3 is 0 Å². The molecule has 0 fully saturated rings. The van der Waals surface area contributed by atoms with Crippen molar-refractivity contribution in [1.29, 1.82) is 0 Å². The van der Waals surface area contributed by atoms with Gasteiger partial charge in [0.2, 0.25) is 0 Å². The smallest absolute Gasteiger partial charge is 0.109 e. The molecular weight excluding hydrogens is 383 g/mol. The van der Waals surface area contributed by atoms with Crippen LogP contribution in [0.5, 0.6) is 0 Å². The average Bonchev–Trinajstić information content (AvgIpc) is 3.19. The Balaban J connectivity index is 1.16. The Morgan fingerprint density at radius 1 is 0.656 bits per heavy atom. The second-order valence-electron chi connectivity index (χ2n) is 9.64. The lowest BCUT2D eigenvalue weighted by Gasteiger charge is -2.13. The van der Waals surface area contributed by atoms with Crippen LogP contribution in [0.4, 0.5) is 0 Å². The Labute approximate surface area is 194 Å². The van der Waals surface area contributed by atoms with Crippen molar-refractivity contribution in [3.8, 4) is 11.1 Å². The van der Waals surface area contributed by atoms with Crippen LogP contribution in [-0.2, 0) is 19.3 Å². The zero-order valence-electron chi connectivity index (χ0n) is 19.4. The lowest BCUT2D eigenvalue weighted by atomic mass is 9.82. The van der Waals surface area contributed by atoms with Crippen molar-refractivity contribution in [3.63, 3.8) is 0 Å². The highest BCUT2D eigenvalue weighted by molar-refractivity contribution is 6.22. The van der Waals surface area contributed by atoms with Gasteiger partial charge in [-0.15, -0.1) is 5.47 Å². The van der Waals surface area contributed by atoms with Crippen molar-refractivity contribution in [2.75, 3.05) is 0 Å². The van der Waals surface area contributed by atoms with Crippen molar-refractivity contribution < 1.29 is 0 Å². The summed E-state index contributed by atoms with van der Waals surface area (Å²) in [6.45, 7) is 0. The van der Waals surface area contributed by atoms with E-state index in [2.05, 4.69) is 86.7 Å². The van der Waals surface area contributed by atoms with Crippen molar-refractivity contribution in [1.82, 2.24) is 0 Å². The van der Waals surface area contributed by atoms with E-state index in [1.54, 1.807) is 11.1 Å². The first-order valence-corrected chi connectivity index (χ1v) is 12.4. The second kappa shape index (κ2) is 9.78. The van der Waals surface area contributed by atoms with Crippen LogP contribution in [0.15, 0.2) is 89.9 Å². The third kappa shape index (κ3) is 4.83. The summed E-state index contributed by atoms with van der Waals surface area (Å²) in [5.74, 6) is 0. The monoisotopic (exact) mass is 416 g/mol. The minimum Gasteiger partial charge on any atom is -0.109 e. The first-order valence-electron chi connectivity index (χ1n) is 12.4. The molecule has 0 N–H and O–H groups in total. The van der Waals surface area contributed by atoms with Crippen LogP contribution >= 0.6 is 0 Å². The molecule has 3 aromatic rings. The predicted molar refractivity (Wildman–Crippen MR) is 141 cm³/mol. The average molecular weight is 416 g/mol. The normalized spacial score (nSPS) is 14.8. The summed E-state index contributed by atoms with van der Waals surface area (Å²) >= 11 is 0. The number of fused-ring (bicyclic) bond motifs is 2. The topological polar surface area (TPSA) is 0 Å². The van der Waals surface area contributed by atoms with Crippen LogP contribution in [0.3, 0.4) is 0 Å². The third-order valence-electron chi connectivity index (χ3n) is 7.17. The lowest BCUT2D eigenvalue weighted by Crippen LogP contribution is -1.94. The molecule has 32 heavy (non-hydrogen) atoms. The molecule has 0 amide bonds. The fourth-order valence-electron chi connectivity index (χ4n) is 5.39. The molecule has 0 saturated heterocycles. The van der Waals surface area contributed by atoms with Crippen LogP contribution in [0.25, 0.3) is 16.7 Å². The first-order chi connectivity index (χ1) is 15.8. The van der Waals surface area contributed by atoms with Gasteiger partial charge in [0.1, 0.15) is 7.85 Å². The molecule has 0 bridgehead atoms. The molecule has 0 unspecified atom stereocenters. The summed E-state index contributed by atoms with van der Waals surface area (Å²) in [5, 5.41) is 0. The van der Waals surface area contributed by atoms with Gasteiger partial charge in [-0.25, -0.2) is 0 Å². The fraction of sp³-hybridized carbons (Fsp3) is 0.290. The van der Waals surface area contributed by atoms with Gasteiger partial charge in [-0.1, -0.05) is 91.7 Å². The number of benzene rings is 3. The molecular formula is C31H33B. The maximum absolute atomic E-state index is 2.44. The van der Waals surface area contributed by atoms with Crippen molar-refractivity contribution in [2.45, 2.75) is 57.8 Å². The number of aryl methyl sites for hydroxylation is 2. The molecule has 0 aliphatic heterocycles. The SMILES string of the molecule is BC1=CC2=C(CC1)c1ccc(-c3cccc(CCCCCCc4ccccc4)c3)cc1C2. The van der Waals surface area contributed by atoms with Gasteiger partial charge in [0.15, 0.2) is 0 Å². The van der Waals surface area contributed by atoms with Crippen LogP contribution in [0.1, 0.15) is 60.8 Å². The summed E-state index contributed by atoms with van der Waals surface area (Å²) in [7, 11) is 2.27. The quantitative estimate of drug-likeness (QED) is 0.267. The zero-order chi connectivity index (χ0) is 21.8. The van der Waals surface area contributed by atoms with Crippen molar-refractivity contribution in [3.05, 3.63) is 112 Å². The number of unbranched alkanes of at least 4 members (excludes halogenated alkanes) is 3. The van der Waals surface area contributed by atoms with Gasteiger partial charge in [0.25, 0.3) is 0 Å². The van der Waals surface area contributed by atoms with E-state index in [0.29, 0.717) is 0 Å². The summed E-state index contributed by atoms with van der Waals surface area (Å²) in [6, 6.07) is 27.3. The van der Waals surface area contributed by atoms with Gasteiger partial charge in [0, 0.05) is 0 Å². The van der Waals surface area contributed by atoms with Crippen LogP contribution in [0, 0.1) is 0 Å². The maximum atomic E-state index is 2.44. The Hall–Kier alpha value is -2.80. The number of rotatable bonds is 8. The van der Waals surface area contributed by atoms with Gasteiger partial charge in [-0.3, -0.25) is 0 Å². The molecule has 0 atom stereocenters. The van der Waals surface area contributed by atoms with Crippen molar-refractivity contribution >= 4 is 13.4 Å². The maximum Gasteiger partial charge on any atom is 0.133 e. The van der Waals surface area contributed by atoms with Crippen LogP contribution < -0.4 is 0 Å². The standard InChI is InChI=1S/C31H33B/c32-29-16-18-31-28(22-29)21-27-20-26(15-17-30(27)31)25-14-8-13-24(19-25)12-5-2-1-4-9-23-10-6-3-7-11-23/h3,6-8,10-11,13-15,17,19-20,22H,1-2,4-5,9,12,16,18,21,32H2. The van der Waals surface area contributed by atoms with Gasteiger partial charge in [0.05, 0.1) is 0 Å². The van der Waals surface area contributed by atoms with E-state index < -0.39 is 0 Å². The molecule has 5 rings (SSSR count). The van der Waals surface area contributed by atoms with E-state index >= 15 is 0 Å². The number of allylic oxidation sites excluding steroid dienone is 4. The molecule has 0 radical (unpaired) electrons. The van der Waals surface area contributed by atoms with E-state index in [9.17, 15) is 0 Å². The highest BCUT2D eigenvalue weighted by atomic mass is 14.3. The highest BCUT2D eigenvalue weighted by Gasteiger charge is 2.22. The lowest BCUT2D eigenvalue weighted by molar-refractivity contribution is 0.640. The van der Waals surface area contributed by atoms with E-state index in [1.807, 2.05) is 0 Å². The summed E-state index contributed by atoms with van der Waals surface area (Å²) in [6.07, 6.45) is 13.6. The molecule has 2 aliphatic carbocycles. The molecule has 3 aromatic carbocycles. The predicted octanol–water partition coefficient (Wildman–Crippen LogP) is 7.32. The minimum absolute atomic E-state index is 1.11. The zero-order valence-corrected chi connectivity index (χ0v) is 19.4. The third-order valence-corrected chi connectivity index (χ3v) is 7.17. The van der Waals surface area contributed by atoms with Gasteiger partial charge >= 0.3 is 0 Å². The Morgan fingerprint density at radius 2 is 1.41 bits per heavy atom. The Kier molecular flexibility index (Phi) is 6.44. The van der Waals surface area contributed by atoms with Crippen molar-refractivity contribution in [2.24, 2.45) is 0 Å². The molecule has 1 heteroatoms. The molecule has 0 nitrogen and oxygen atoms in total. The van der Waals surface area contributed by atoms with Crippen LogP contribution in [0.2, 0.25) is 0 Å². The van der Waals surface area contributed by atoms with E-state index in [4.69, 9.17) is 0 Å². The molecule has 2 aliphatic rings. The highest BCUT2D eigenvalue weighted by Crippen LogP contribution is 2.41. The molecule has 160 valence electrons. The number of hydrogen-bond donors (Lipinski definition) is 0. The second-order valence-corrected chi connectivity index (χ2v) is 9.64. The minimum atomic E-state index is 1.11. The summed E-state index contributed by atoms with van der Waals surface area (Å²) < 4.78 is 0. The molecule has 0 heterocycles. The molecule has 0 aromatic heterocycles. The Morgan fingerprint density at radius 3 is 2.25 bits per heavy atom. The van der Waals surface area contributed by atoms with E-state index in [-0.39, 0.29) is 0 Å². The largest absolute Gasteiger partial charge is 0.133 e. The number of hydrogen-bond acceptors (Lipinski definition) is 0. The molecule has 0 spiro atoms.